The van der Waals surface area contributed by atoms with Crippen LogP contribution < -0.4 is 17.2 Å². The van der Waals surface area contributed by atoms with Crippen LogP contribution in [-0.2, 0) is 12.8 Å². The molecule has 144 valence electrons. The number of nitrogens with two attached hydrogens (primary N) is 3. The topological polar surface area (TPSA) is 103 Å². The average Bonchev–Trinajstić information content (AvgIpc) is 3.19. The molecule has 0 aliphatic heterocycles. The fraction of sp³-hybridized carbons (Fsp3) is 0.182. The minimum absolute atomic E-state index is 0.135. The van der Waals surface area contributed by atoms with Gasteiger partial charge in [0.2, 0.25) is 0 Å². The molecule has 0 spiro atoms. The van der Waals surface area contributed by atoms with Gasteiger partial charge in [0.05, 0.1) is 6.34 Å². The summed E-state index contributed by atoms with van der Waals surface area (Å²) in [7, 11) is 0. The Bertz CT molecular complexity index is 970. The number of hydrogen-bond acceptors (Lipinski definition) is 3. The van der Waals surface area contributed by atoms with Crippen LogP contribution in [0.3, 0.4) is 0 Å². The molecule has 6 heteroatoms. The third-order valence-corrected chi connectivity index (χ3v) is 5.54. The summed E-state index contributed by atoms with van der Waals surface area (Å²) < 4.78 is 0. The van der Waals surface area contributed by atoms with E-state index in [4.69, 9.17) is 17.2 Å². The molecule has 3 aromatic rings. The molecule has 0 saturated carbocycles. The highest BCUT2D eigenvalue weighted by molar-refractivity contribution is 7.18. The van der Waals surface area contributed by atoms with Crippen molar-refractivity contribution >= 4 is 23.6 Å². The highest BCUT2D eigenvalue weighted by Gasteiger charge is 2.07. The van der Waals surface area contributed by atoms with E-state index < -0.39 is 0 Å². The maximum atomic E-state index is 5.40. The average molecular weight is 392 g/mol. The van der Waals surface area contributed by atoms with Crippen LogP contribution in [0.5, 0.6) is 0 Å². The molecule has 2 aromatic carbocycles. The lowest BCUT2D eigenvalue weighted by Crippen LogP contribution is -2.23. The molecule has 0 fully saturated rings. The Labute approximate surface area is 169 Å². The fourth-order valence-electron chi connectivity index (χ4n) is 2.99. The van der Waals surface area contributed by atoms with Crippen LogP contribution in [0.2, 0.25) is 0 Å². The maximum absolute atomic E-state index is 5.40. The minimum Gasteiger partial charge on any atom is -0.390 e. The van der Waals surface area contributed by atoms with Gasteiger partial charge in [-0.25, -0.2) is 0 Å². The molecule has 3 rings (SSSR count). The van der Waals surface area contributed by atoms with E-state index in [1.165, 1.54) is 38.3 Å². The number of aliphatic imine (C=N–C) groups is 2. The van der Waals surface area contributed by atoms with Crippen LogP contribution in [0.15, 0.2) is 70.6 Å². The second kappa shape index (κ2) is 9.71. The Kier molecular flexibility index (Phi) is 6.81. The van der Waals surface area contributed by atoms with E-state index in [1.807, 2.05) is 0 Å². The van der Waals surface area contributed by atoms with Crippen LogP contribution in [0.25, 0.3) is 20.9 Å². The third-order valence-electron chi connectivity index (χ3n) is 4.36. The lowest BCUT2D eigenvalue weighted by atomic mass is 10.1. The van der Waals surface area contributed by atoms with E-state index in [0.717, 1.165) is 12.8 Å². The van der Waals surface area contributed by atoms with Gasteiger partial charge in [-0.3, -0.25) is 9.98 Å². The van der Waals surface area contributed by atoms with Crippen LogP contribution in [0.1, 0.15) is 11.1 Å². The largest absolute Gasteiger partial charge is 0.390 e. The SMILES string of the molecule is NC=NCCc1cccc(-c2ccc(-c3cccc(CCN=C(N)N)c3)s2)c1. The minimum atomic E-state index is 0.135. The van der Waals surface area contributed by atoms with Gasteiger partial charge in [-0.1, -0.05) is 48.5 Å². The zero-order chi connectivity index (χ0) is 19.8. The van der Waals surface area contributed by atoms with Gasteiger partial charge in [0, 0.05) is 22.8 Å². The van der Waals surface area contributed by atoms with E-state index >= 15 is 0 Å². The summed E-state index contributed by atoms with van der Waals surface area (Å²) in [6, 6.07) is 21.5. The van der Waals surface area contributed by atoms with Crippen molar-refractivity contribution in [3.8, 4) is 20.9 Å². The number of guanidine groups is 1. The van der Waals surface area contributed by atoms with E-state index in [9.17, 15) is 0 Å². The molecule has 0 amide bonds. The predicted molar refractivity (Wildman–Crippen MR) is 121 cm³/mol. The number of rotatable bonds is 8. The smallest absolute Gasteiger partial charge is 0.185 e. The summed E-state index contributed by atoms with van der Waals surface area (Å²) in [5.41, 5.74) is 21.0. The van der Waals surface area contributed by atoms with Gasteiger partial charge in [-0.2, -0.15) is 0 Å². The van der Waals surface area contributed by atoms with E-state index in [0.29, 0.717) is 13.1 Å². The van der Waals surface area contributed by atoms with E-state index in [2.05, 4.69) is 70.6 Å². The van der Waals surface area contributed by atoms with Crippen molar-refractivity contribution in [3.05, 3.63) is 71.8 Å². The summed E-state index contributed by atoms with van der Waals surface area (Å²) in [5, 5.41) is 0. The Morgan fingerprint density at radius 2 is 1.39 bits per heavy atom. The van der Waals surface area contributed by atoms with Gasteiger partial charge in [-0.05, 0) is 47.2 Å². The van der Waals surface area contributed by atoms with Gasteiger partial charge in [0.15, 0.2) is 5.96 Å². The van der Waals surface area contributed by atoms with Crippen molar-refractivity contribution in [2.75, 3.05) is 13.1 Å². The molecule has 1 aromatic heterocycles. The molecule has 0 bridgehead atoms. The summed E-state index contributed by atoms with van der Waals surface area (Å²) in [4.78, 5) is 10.6. The highest BCUT2D eigenvalue weighted by Crippen LogP contribution is 2.35. The summed E-state index contributed by atoms with van der Waals surface area (Å²) in [6.45, 7) is 1.31. The van der Waals surface area contributed by atoms with Gasteiger partial charge < -0.3 is 17.2 Å². The third kappa shape index (κ3) is 5.44. The van der Waals surface area contributed by atoms with Gasteiger partial charge >= 0.3 is 0 Å². The first-order valence-corrected chi connectivity index (χ1v) is 10.0. The number of benzene rings is 2. The lowest BCUT2D eigenvalue weighted by Gasteiger charge is -2.04. The molecular formula is C22H25N5S. The monoisotopic (exact) mass is 391 g/mol. The summed E-state index contributed by atoms with van der Waals surface area (Å²) >= 11 is 1.80. The second-order valence-corrected chi connectivity index (χ2v) is 7.51. The van der Waals surface area contributed by atoms with E-state index in [1.54, 1.807) is 11.3 Å². The molecule has 6 N–H and O–H groups in total. The normalized spacial score (nSPS) is 11.0. The molecule has 5 nitrogen and oxygen atoms in total. The Morgan fingerprint density at radius 1 is 0.821 bits per heavy atom. The molecule has 28 heavy (non-hydrogen) atoms. The Hall–Kier alpha value is -3.12. The number of thiophene rings is 1. The van der Waals surface area contributed by atoms with Gasteiger partial charge in [0.25, 0.3) is 0 Å². The molecule has 0 aliphatic carbocycles. The van der Waals surface area contributed by atoms with E-state index in [-0.39, 0.29) is 5.96 Å². The maximum Gasteiger partial charge on any atom is 0.185 e. The zero-order valence-corrected chi connectivity index (χ0v) is 16.5. The molecule has 0 saturated heterocycles. The van der Waals surface area contributed by atoms with Gasteiger partial charge in [0.1, 0.15) is 0 Å². The highest BCUT2D eigenvalue weighted by atomic mass is 32.1. The first kappa shape index (κ1) is 19.6. The lowest BCUT2D eigenvalue weighted by molar-refractivity contribution is 0.963. The van der Waals surface area contributed by atoms with Crippen molar-refractivity contribution in [3.63, 3.8) is 0 Å². The van der Waals surface area contributed by atoms with Crippen molar-refractivity contribution < 1.29 is 0 Å². The standard InChI is InChI=1S/C22H25N5S/c23-15-26-11-9-16-3-1-5-18(13-16)20-7-8-21(28-20)19-6-2-4-17(14-19)10-12-27-22(24)25/h1-8,13-15H,9-12H2,(H2,23,26)(H4,24,25,27). The Morgan fingerprint density at radius 3 is 1.93 bits per heavy atom. The predicted octanol–water partition coefficient (Wildman–Crippen LogP) is 3.43. The molecule has 0 radical (unpaired) electrons. The fourth-order valence-corrected chi connectivity index (χ4v) is 3.99. The number of nitrogens with zero attached hydrogens (tertiary/aromatic N) is 2. The van der Waals surface area contributed by atoms with Crippen molar-refractivity contribution in [2.24, 2.45) is 27.2 Å². The molecule has 1 heterocycles. The first-order chi connectivity index (χ1) is 13.7. The quantitative estimate of drug-likeness (QED) is 0.405. The van der Waals surface area contributed by atoms with Crippen LogP contribution in [0.4, 0.5) is 0 Å². The second-order valence-electron chi connectivity index (χ2n) is 6.43. The van der Waals surface area contributed by atoms with Crippen LogP contribution in [0, 0.1) is 0 Å². The summed E-state index contributed by atoms with van der Waals surface area (Å²) in [5.74, 6) is 0.135. The Balaban J connectivity index is 1.75. The molecule has 0 atom stereocenters. The van der Waals surface area contributed by atoms with Crippen molar-refractivity contribution in [1.82, 2.24) is 0 Å². The van der Waals surface area contributed by atoms with Crippen LogP contribution >= 0.6 is 11.3 Å². The zero-order valence-electron chi connectivity index (χ0n) is 15.7. The van der Waals surface area contributed by atoms with Crippen molar-refractivity contribution in [1.29, 1.82) is 0 Å². The first-order valence-electron chi connectivity index (χ1n) is 9.19. The van der Waals surface area contributed by atoms with Crippen molar-refractivity contribution in [2.45, 2.75) is 12.8 Å². The summed E-state index contributed by atoms with van der Waals surface area (Å²) in [6.07, 6.45) is 3.07. The number of hydrogen-bond donors (Lipinski definition) is 3. The molecule has 0 aliphatic rings. The van der Waals surface area contributed by atoms with Crippen LogP contribution in [-0.4, -0.2) is 25.4 Å². The molecule has 0 unspecified atom stereocenters. The van der Waals surface area contributed by atoms with Gasteiger partial charge in [-0.15, -0.1) is 11.3 Å². The molecular weight excluding hydrogens is 366 g/mol.